The van der Waals surface area contributed by atoms with Crippen LogP contribution in [-0.4, -0.2) is 29.6 Å². The zero-order valence-electron chi connectivity index (χ0n) is 15.0. The summed E-state index contributed by atoms with van der Waals surface area (Å²) >= 11 is 11.0. The van der Waals surface area contributed by atoms with Crippen LogP contribution in [0.1, 0.15) is 18.1 Å². The van der Waals surface area contributed by atoms with Crippen LogP contribution in [0.3, 0.4) is 0 Å². The van der Waals surface area contributed by atoms with Gasteiger partial charge in [-0.2, -0.15) is 0 Å². The highest BCUT2D eigenvalue weighted by molar-refractivity contribution is 7.80. The zero-order valence-corrected chi connectivity index (χ0v) is 16.6. The highest BCUT2D eigenvalue weighted by atomic mass is 35.5. The van der Waals surface area contributed by atoms with Crippen molar-refractivity contribution in [2.75, 3.05) is 13.7 Å². The van der Waals surface area contributed by atoms with Crippen molar-refractivity contribution in [3.05, 3.63) is 64.3 Å². The van der Waals surface area contributed by atoms with E-state index in [0.717, 1.165) is 11.1 Å². The largest absolute Gasteiger partial charge is 0.490 e. The average molecular weight is 403 g/mol. The Morgan fingerprint density at radius 3 is 2.52 bits per heavy atom. The lowest BCUT2D eigenvalue weighted by Crippen LogP contribution is -2.25. The predicted molar refractivity (Wildman–Crippen MR) is 110 cm³/mol. The molecule has 0 atom stereocenters. The molecule has 27 heavy (non-hydrogen) atoms. The van der Waals surface area contributed by atoms with Gasteiger partial charge in [-0.25, -0.2) is 0 Å². The number of rotatable bonds is 6. The second-order valence-electron chi connectivity index (χ2n) is 5.91. The minimum Gasteiger partial charge on any atom is -0.490 e. The fraction of sp³-hybridized carbons (Fsp3) is 0.200. The molecule has 1 aliphatic rings. The highest BCUT2D eigenvalue weighted by Gasteiger charge is 2.27. The number of carbonyl (C=O) groups is 1. The van der Waals surface area contributed by atoms with Gasteiger partial charge in [0.2, 0.25) is 0 Å². The van der Waals surface area contributed by atoms with E-state index in [2.05, 4.69) is 5.32 Å². The summed E-state index contributed by atoms with van der Waals surface area (Å²) in [6.45, 7) is 2.81. The molecular formula is C20H19ClN2O3S. The van der Waals surface area contributed by atoms with Crippen LogP contribution in [0.2, 0.25) is 5.02 Å². The standard InChI is InChI=1S/C20H19ClN2O3S/c1-3-25-18-11-14(10-16-19(24)23(2)20(27)22-16)6-9-17(18)26-12-13-4-7-15(21)8-5-13/h4-11H,3,12H2,1-2H3,(H,22,27)/b16-10-. The number of ether oxygens (including phenoxy) is 2. The molecule has 1 N–H and O–H groups in total. The molecule has 0 radical (unpaired) electrons. The van der Waals surface area contributed by atoms with Gasteiger partial charge in [0.25, 0.3) is 5.91 Å². The monoisotopic (exact) mass is 402 g/mol. The molecule has 0 saturated carbocycles. The number of thiocarbonyl (C=S) groups is 1. The highest BCUT2D eigenvalue weighted by Crippen LogP contribution is 2.30. The van der Waals surface area contributed by atoms with Gasteiger partial charge in [-0.1, -0.05) is 29.8 Å². The molecule has 0 bridgehead atoms. The molecule has 1 aliphatic heterocycles. The van der Waals surface area contributed by atoms with Gasteiger partial charge < -0.3 is 14.8 Å². The Morgan fingerprint density at radius 2 is 1.89 bits per heavy atom. The van der Waals surface area contributed by atoms with Crippen molar-refractivity contribution >= 4 is 40.9 Å². The summed E-state index contributed by atoms with van der Waals surface area (Å²) in [5.74, 6) is 1.08. The molecule has 0 unspecified atom stereocenters. The minimum absolute atomic E-state index is 0.166. The van der Waals surface area contributed by atoms with Crippen LogP contribution in [0.5, 0.6) is 11.5 Å². The third-order valence-electron chi connectivity index (χ3n) is 3.97. The fourth-order valence-corrected chi connectivity index (χ4v) is 2.85. The van der Waals surface area contributed by atoms with Crippen LogP contribution < -0.4 is 14.8 Å². The maximum atomic E-state index is 12.1. The van der Waals surface area contributed by atoms with Crippen LogP contribution >= 0.6 is 23.8 Å². The van der Waals surface area contributed by atoms with E-state index < -0.39 is 0 Å². The Balaban J connectivity index is 1.79. The molecule has 0 spiro atoms. The number of hydrogen-bond acceptors (Lipinski definition) is 4. The van der Waals surface area contributed by atoms with Crippen molar-refractivity contribution in [1.29, 1.82) is 0 Å². The molecule has 0 aromatic heterocycles. The number of nitrogens with one attached hydrogen (secondary N) is 1. The summed E-state index contributed by atoms with van der Waals surface area (Å²) in [6.07, 6.45) is 1.74. The molecule has 2 aromatic carbocycles. The molecule has 1 amide bonds. The summed E-state index contributed by atoms with van der Waals surface area (Å²) < 4.78 is 11.6. The van der Waals surface area contributed by atoms with E-state index in [1.807, 2.05) is 49.4 Å². The smallest absolute Gasteiger partial charge is 0.276 e. The quantitative estimate of drug-likeness (QED) is 0.584. The van der Waals surface area contributed by atoms with E-state index in [0.29, 0.717) is 40.5 Å². The molecular weight excluding hydrogens is 384 g/mol. The van der Waals surface area contributed by atoms with E-state index in [9.17, 15) is 4.79 Å². The maximum absolute atomic E-state index is 12.1. The van der Waals surface area contributed by atoms with Crippen LogP contribution in [0.4, 0.5) is 0 Å². The Kier molecular flexibility index (Phi) is 5.98. The predicted octanol–water partition coefficient (Wildman–Crippen LogP) is 4.01. The van der Waals surface area contributed by atoms with E-state index in [1.165, 1.54) is 4.90 Å². The molecule has 1 saturated heterocycles. The van der Waals surface area contributed by atoms with Crippen molar-refractivity contribution < 1.29 is 14.3 Å². The first-order valence-corrected chi connectivity index (χ1v) is 9.21. The van der Waals surface area contributed by atoms with Crippen molar-refractivity contribution in [1.82, 2.24) is 10.2 Å². The molecule has 3 rings (SSSR count). The molecule has 7 heteroatoms. The summed E-state index contributed by atoms with van der Waals surface area (Å²) in [7, 11) is 1.64. The van der Waals surface area contributed by atoms with Gasteiger partial charge in [0.05, 0.1) is 6.61 Å². The third kappa shape index (κ3) is 4.59. The van der Waals surface area contributed by atoms with Gasteiger partial charge in [0.15, 0.2) is 16.6 Å². The van der Waals surface area contributed by atoms with E-state index >= 15 is 0 Å². The zero-order chi connectivity index (χ0) is 19.4. The average Bonchev–Trinajstić information content (AvgIpc) is 2.89. The molecule has 1 fully saturated rings. The number of nitrogens with zero attached hydrogens (tertiary/aromatic N) is 1. The van der Waals surface area contributed by atoms with Gasteiger partial charge in [-0.05, 0) is 60.6 Å². The second-order valence-corrected chi connectivity index (χ2v) is 6.73. The number of amides is 1. The molecule has 2 aromatic rings. The van der Waals surface area contributed by atoms with E-state index in [4.69, 9.17) is 33.3 Å². The first-order chi connectivity index (χ1) is 13.0. The molecule has 0 aliphatic carbocycles. The lowest BCUT2D eigenvalue weighted by atomic mass is 10.1. The van der Waals surface area contributed by atoms with Gasteiger partial charge in [0, 0.05) is 12.1 Å². The van der Waals surface area contributed by atoms with Gasteiger partial charge in [-0.3, -0.25) is 9.69 Å². The molecule has 5 nitrogen and oxygen atoms in total. The topological polar surface area (TPSA) is 50.8 Å². The number of halogens is 1. The van der Waals surface area contributed by atoms with Crippen molar-refractivity contribution in [3.8, 4) is 11.5 Å². The van der Waals surface area contributed by atoms with Crippen molar-refractivity contribution in [2.45, 2.75) is 13.5 Å². The normalized spacial score (nSPS) is 15.2. The van der Waals surface area contributed by atoms with Crippen LogP contribution in [0, 0.1) is 0 Å². The lowest BCUT2D eigenvalue weighted by Gasteiger charge is -2.13. The van der Waals surface area contributed by atoms with Gasteiger partial charge in [-0.15, -0.1) is 0 Å². The first kappa shape index (κ1) is 19.2. The minimum atomic E-state index is -0.166. The van der Waals surface area contributed by atoms with Crippen LogP contribution in [-0.2, 0) is 11.4 Å². The third-order valence-corrected chi connectivity index (χ3v) is 4.60. The number of likely N-dealkylation sites (N-methyl/N-ethyl adjacent to an activating group) is 1. The first-order valence-electron chi connectivity index (χ1n) is 8.42. The number of carbonyl (C=O) groups excluding carboxylic acids is 1. The summed E-state index contributed by atoms with van der Waals surface area (Å²) in [5.41, 5.74) is 2.25. The van der Waals surface area contributed by atoms with Crippen molar-refractivity contribution in [3.63, 3.8) is 0 Å². The van der Waals surface area contributed by atoms with Crippen LogP contribution in [0.15, 0.2) is 48.2 Å². The van der Waals surface area contributed by atoms with E-state index in [1.54, 1.807) is 13.1 Å². The molecule has 140 valence electrons. The summed E-state index contributed by atoms with van der Waals surface area (Å²) in [6, 6.07) is 13.0. The number of benzene rings is 2. The summed E-state index contributed by atoms with van der Waals surface area (Å²) in [5, 5.41) is 3.98. The summed E-state index contributed by atoms with van der Waals surface area (Å²) in [4.78, 5) is 13.5. The maximum Gasteiger partial charge on any atom is 0.276 e. The van der Waals surface area contributed by atoms with Gasteiger partial charge >= 0.3 is 0 Å². The number of hydrogen-bond donors (Lipinski definition) is 1. The van der Waals surface area contributed by atoms with E-state index in [-0.39, 0.29) is 5.91 Å². The Hall–Kier alpha value is -2.57. The van der Waals surface area contributed by atoms with Gasteiger partial charge in [0.1, 0.15) is 12.3 Å². The van der Waals surface area contributed by atoms with Crippen LogP contribution in [0.25, 0.3) is 6.08 Å². The Morgan fingerprint density at radius 1 is 1.15 bits per heavy atom. The lowest BCUT2D eigenvalue weighted by molar-refractivity contribution is -0.121. The fourth-order valence-electron chi connectivity index (χ4n) is 2.53. The van der Waals surface area contributed by atoms with Crippen molar-refractivity contribution in [2.24, 2.45) is 0 Å². The Bertz CT molecular complexity index is 897. The second kappa shape index (κ2) is 8.41. The Labute approximate surface area is 168 Å². The molecule has 1 heterocycles. The SMILES string of the molecule is CCOc1cc(/C=C2\NC(=S)N(C)C2=O)ccc1OCc1ccc(Cl)cc1.